The summed E-state index contributed by atoms with van der Waals surface area (Å²) in [5.41, 5.74) is 4.21. The molecule has 1 aliphatic rings. The number of benzene rings is 1. The van der Waals surface area contributed by atoms with Gasteiger partial charge in [0.2, 0.25) is 5.91 Å². The second kappa shape index (κ2) is 9.14. The van der Waals surface area contributed by atoms with E-state index in [1.165, 1.54) is 6.20 Å². The van der Waals surface area contributed by atoms with Crippen molar-refractivity contribution in [1.82, 2.24) is 15.3 Å². The molecule has 8 heteroatoms. The normalized spacial score (nSPS) is 13.0. The fraction of sp³-hybridized carbons (Fsp3) is 0.217. The van der Waals surface area contributed by atoms with Gasteiger partial charge in [0, 0.05) is 37.1 Å². The maximum absolute atomic E-state index is 12.1. The standard InChI is InChI=1S/C23H21ClN4O3/c1-28-20-6-4-15(11-16(20)5-7-21(28)29)17-12-18(14-25-13-17)31-10-9-27-23(30)22-19(24)3-2-8-26-22/h2-4,6,8,11-14H,5,7,9-10H2,1H3,(H,27,30). The third kappa shape index (κ3) is 4.67. The Hall–Kier alpha value is -3.45. The molecular formula is C23H21ClN4O3. The van der Waals surface area contributed by atoms with Gasteiger partial charge in [-0.1, -0.05) is 17.7 Å². The molecule has 0 radical (unpaired) electrons. The van der Waals surface area contributed by atoms with E-state index in [0.29, 0.717) is 23.7 Å². The fourth-order valence-corrected chi connectivity index (χ4v) is 3.67. The fourth-order valence-electron chi connectivity index (χ4n) is 3.46. The molecule has 0 saturated heterocycles. The van der Waals surface area contributed by atoms with E-state index in [1.54, 1.807) is 36.5 Å². The molecule has 158 valence electrons. The maximum Gasteiger partial charge on any atom is 0.271 e. The molecule has 0 spiro atoms. The lowest BCUT2D eigenvalue weighted by atomic mass is 9.97. The number of amides is 2. The summed E-state index contributed by atoms with van der Waals surface area (Å²) in [5.74, 6) is 0.390. The zero-order chi connectivity index (χ0) is 21.8. The highest BCUT2D eigenvalue weighted by Crippen LogP contribution is 2.32. The number of aromatic nitrogens is 2. The first-order valence-corrected chi connectivity index (χ1v) is 10.3. The van der Waals surface area contributed by atoms with E-state index in [1.807, 2.05) is 18.2 Å². The Bertz CT molecular complexity index is 1140. The Morgan fingerprint density at radius 2 is 2.06 bits per heavy atom. The van der Waals surface area contributed by atoms with Crippen LogP contribution in [-0.4, -0.2) is 42.0 Å². The van der Waals surface area contributed by atoms with Crippen LogP contribution in [0.3, 0.4) is 0 Å². The van der Waals surface area contributed by atoms with Crippen LogP contribution < -0.4 is 15.0 Å². The van der Waals surface area contributed by atoms with Gasteiger partial charge in [0.15, 0.2) is 0 Å². The molecule has 1 aromatic carbocycles. The van der Waals surface area contributed by atoms with Crippen molar-refractivity contribution < 1.29 is 14.3 Å². The van der Waals surface area contributed by atoms with Crippen LogP contribution in [0.5, 0.6) is 5.75 Å². The first-order valence-electron chi connectivity index (χ1n) is 9.89. The van der Waals surface area contributed by atoms with Gasteiger partial charge >= 0.3 is 0 Å². The van der Waals surface area contributed by atoms with Crippen molar-refractivity contribution in [2.75, 3.05) is 25.1 Å². The van der Waals surface area contributed by atoms with Crippen molar-refractivity contribution in [3.63, 3.8) is 0 Å². The quantitative estimate of drug-likeness (QED) is 0.598. The second-order valence-corrected chi connectivity index (χ2v) is 7.55. The van der Waals surface area contributed by atoms with Gasteiger partial charge in [0.1, 0.15) is 18.1 Å². The predicted molar refractivity (Wildman–Crippen MR) is 118 cm³/mol. The summed E-state index contributed by atoms with van der Waals surface area (Å²) in [4.78, 5) is 34.0. The molecule has 0 unspecified atom stereocenters. The number of hydrogen-bond donors (Lipinski definition) is 1. The molecule has 3 aromatic rings. The molecule has 0 fully saturated rings. The number of fused-ring (bicyclic) bond motifs is 1. The summed E-state index contributed by atoms with van der Waals surface area (Å²) in [5, 5.41) is 3.04. The SMILES string of the molecule is CN1C(=O)CCc2cc(-c3cncc(OCCNC(=O)c4ncccc4Cl)c3)ccc21. The van der Waals surface area contributed by atoms with Crippen molar-refractivity contribution in [3.05, 3.63) is 71.3 Å². The summed E-state index contributed by atoms with van der Waals surface area (Å²) in [6, 6.07) is 11.2. The van der Waals surface area contributed by atoms with Gasteiger partial charge in [-0.2, -0.15) is 0 Å². The molecule has 1 N–H and O–H groups in total. The number of carbonyl (C=O) groups is 2. The lowest BCUT2D eigenvalue weighted by molar-refractivity contribution is -0.118. The third-order valence-corrected chi connectivity index (χ3v) is 5.40. The Kier molecular flexibility index (Phi) is 6.13. The van der Waals surface area contributed by atoms with Crippen LogP contribution in [0.2, 0.25) is 5.02 Å². The van der Waals surface area contributed by atoms with Gasteiger partial charge in [-0.25, -0.2) is 4.98 Å². The summed E-state index contributed by atoms with van der Waals surface area (Å²) in [6.07, 6.45) is 6.17. The number of halogens is 1. The van der Waals surface area contributed by atoms with Gasteiger partial charge in [-0.15, -0.1) is 0 Å². The van der Waals surface area contributed by atoms with E-state index >= 15 is 0 Å². The lowest BCUT2D eigenvalue weighted by Gasteiger charge is -2.26. The zero-order valence-corrected chi connectivity index (χ0v) is 17.7. The summed E-state index contributed by atoms with van der Waals surface area (Å²) in [6.45, 7) is 0.577. The number of anilines is 1. The van der Waals surface area contributed by atoms with E-state index in [-0.39, 0.29) is 24.1 Å². The largest absolute Gasteiger partial charge is 0.490 e. The Morgan fingerprint density at radius 1 is 1.19 bits per heavy atom. The molecule has 7 nitrogen and oxygen atoms in total. The van der Waals surface area contributed by atoms with Crippen molar-refractivity contribution in [2.24, 2.45) is 0 Å². The number of nitrogens with one attached hydrogen (secondary N) is 1. The number of nitrogens with zero attached hydrogens (tertiary/aromatic N) is 3. The average Bonchev–Trinajstić information content (AvgIpc) is 2.79. The van der Waals surface area contributed by atoms with Crippen LogP contribution in [0.15, 0.2) is 55.0 Å². The first kappa shape index (κ1) is 20.8. The minimum atomic E-state index is -0.349. The highest BCUT2D eigenvalue weighted by molar-refractivity contribution is 6.33. The number of hydrogen-bond acceptors (Lipinski definition) is 5. The number of rotatable bonds is 6. The smallest absolute Gasteiger partial charge is 0.271 e. The van der Waals surface area contributed by atoms with Crippen LogP contribution in [0.25, 0.3) is 11.1 Å². The van der Waals surface area contributed by atoms with Crippen LogP contribution >= 0.6 is 11.6 Å². The Morgan fingerprint density at radius 3 is 2.90 bits per heavy atom. The molecule has 0 aliphatic carbocycles. The Labute approximate surface area is 185 Å². The van der Waals surface area contributed by atoms with Crippen molar-refractivity contribution in [1.29, 1.82) is 0 Å². The predicted octanol–water partition coefficient (Wildman–Crippen LogP) is 3.51. The average molecular weight is 437 g/mol. The van der Waals surface area contributed by atoms with Gasteiger partial charge < -0.3 is 15.0 Å². The second-order valence-electron chi connectivity index (χ2n) is 7.14. The van der Waals surface area contributed by atoms with E-state index in [4.69, 9.17) is 16.3 Å². The van der Waals surface area contributed by atoms with Crippen LogP contribution in [0, 0.1) is 0 Å². The number of pyridine rings is 2. The van der Waals surface area contributed by atoms with Gasteiger partial charge in [-0.05, 0) is 47.9 Å². The molecule has 0 saturated carbocycles. The molecule has 1 aliphatic heterocycles. The lowest BCUT2D eigenvalue weighted by Crippen LogP contribution is -2.30. The van der Waals surface area contributed by atoms with Gasteiger partial charge in [0.25, 0.3) is 5.91 Å². The topological polar surface area (TPSA) is 84.4 Å². The molecule has 3 heterocycles. The van der Waals surface area contributed by atoms with Gasteiger partial charge in [-0.3, -0.25) is 14.6 Å². The van der Waals surface area contributed by atoms with Crippen molar-refractivity contribution >= 4 is 29.1 Å². The summed E-state index contributed by atoms with van der Waals surface area (Å²) >= 11 is 5.98. The van der Waals surface area contributed by atoms with Crippen LogP contribution in [0.1, 0.15) is 22.5 Å². The van der Waals surface area contributed by atoms with E-state index in [9.17, 15) is 9.59 Å². The number of carbonyl (C=O) groups excluding carboxylic acids is 2. The van der Waals surface area contributed by atoms with E-state index in [2.05, 4.69) is 21.4 Å². The minimum absolute atomic E-state index is 0.134. The molecular weight excluding hydrogens is 416 g/mol. The molecule has 0 bridgehead atoms. The summed E-state index contributed by atoms with van der Waals surface area (Å²) < 4.78 is 5.74. The highest BCUT2D eigenvalue weighted by atomic mass is 35.5. The van der Waals surface area contributed by atoms with Gasteiger partial charge in [0.05, 0.1) is 17.8 Å². The van der Waals surface area contributed by atoms with E-state index in [0.717, 1.165) is 28.8 Å². The summed E-state index contributed by atoms with van der Waals surface area (Å²) in [7, 11) is 1.80. The molecule has 4 rings (SSSR count). The minimum Gasteiger partial charge on any atom is -0.490 e. The monoisotopic (exact) mass is 436 g/mol. The molecule has 0 atom stereocenters. The Balaban J connectivity index is 1.37. The van der Waals surface area contributed by atoms with Crippen molar-refractivity contribution in [2.45, 2.75) is 12.8 Å². The first-order chi connectivity index (χ1) is 15.0. The van der Waals surface area contributed by atoms with Crippen molar-refractivity contribution in [3.8, 4) is 16.9 Å². The van der Waals surface area contributed by atoms with Crippen LogP contribution in [-0.2, 0) is 11.2 Å². The van der Waals surface area contributed by atoms with Crippen LogP contribution in [0.4, 0.5) is 5.69 Å². The third-order valence-electron chi connectivity index (χ3n) is 5.10. The zero-order valence-electron chi connectivity index (χ0n) is 17.0. The maximum atomic E-state index is 12.1. The number of ether oxygens (including phenoxy) is 1. The van der Waals surface area contributed by atoms with E-state index < -0.39 is 0 Å². The molecule has 31 heavy (non-hydrogen) atoms. The molecule has 2 amide bonds. The number of aryl methyl sites for hydroxylation is 1. The molecule has 2 aromatic heterocycles. The highest BCUT2D eigenvalue weighted by Gasteiger charge is 2.21.